The van der Waals surface area contributed by atoms with Gasteiger partial charge >= 0.3 is 0 Å². The number of ether oxygens (including phenoxy) is 1. The third kappa shape index (κ3) is 3.48. The number of benzene rings is 1. The minimum absolute atomic E-state index is 0.358. The lowest BCUT2D eigenvalue weighted by atomic mass is 10.1. The lowest BCUT2D eigenvalue weighted by Gasteiger charge is -2.29. The van der Waals surface area contributed by atoms with E-state index in [2.05, 4.69) is 15.6 Å². The number of hydrazine groups is 1. The second kappa shape index (κ2) is 7.57. The number of piperidine rings is 1. The number of aromatic nitrogens is 2. The van der Waals surface area contributed by atoms with E-state index in [9.17, 15) is 9.90 Å². The number of aliphatic hydroxyl groups excluding tert-OH is 1. The minimum atomic E-state index is -0.997. The molecule has 0 amide bonds. The second-order valence-corrected chi connectivity index (χ2v) is 5.83. The average Bonchev–Trinajstić information content (AvgIpc) is 3.06. The summed E-state index contributed by atoms with van der Waals surface area (Å²) in [7, 11) is 1.60. The van der Waals surface area contributed by atoms with Gasteiger partial charge in [0.1, 0.15) is 11.4 Å². The molecule has 24 heavy (non-hydrogen) atoms. The van der Waals surface area contributed by atoms with Gasteiger partial charge in [-0.2, -0.15) is 5.10 Å². The summed E-state index contributed by atoms with van der Waals surface area (Å²) in [6, 6.07) is 7.27. The van der Waals surface area contributed by atoms with Crippen LogP contribution in [0.3, 0.4) is 0 Å². The number of aliphatic hydroxyl groups is 1. The fourth-order valence-corrected chi connectivity index (χ4v) is 2.92. The molecule has 0 spiro atoms. The molecule has 1 atom stereocenters. The van der Waals surface area contributed by atoms with Crippen LogP contribution >= 0.6 is 0 Å². The zero-order chi connectivity index (χ0) is 16.9. The van der Waals surface area contributed by atoms with Crippen LogP contribution in [0.4, 0.5) is 0 Å². The van der Waals surface area contributed by atoms with E-state index in [1.165, 1.54) is 6.42 Å². The Hall–Kier alpha value is -2.22. The van der Waals surface area contributed by atoms with Crippen LogP contribution in [-0.2, 0) is 0 Å². The van der Waals surface area contributed by atoms with Gasteiger partial charge in [-0.1, -0.05) is 6.42 Å². The summed E-state index contributed by atoms with van der Waals surface area (Å²) in [5, 5.41) is 19.4. The standard InChI is InChI=1S/C17H22N4O3/c1-24-13-7-5-12(6-8-13)15-14(11-22)16(19-18-15)17(23)20-21-9-3-2-4-10-21/h5-8,11,17,20,23H,2-4,9-10H2,1H3,(H,18,19). The lowest BCUT2D eigenvalue weighted by Crippen LogP contribution is -2.43. The number of hydrogen-bond donors (Lipinski definition) is 3. The summed E-state index contributed by atoms with van der Waals surface area (Å²) in [4.78, 5) is 11.6. The first-order valence-corrected chi connectivity index (χ1v) is 8.10. The van der Waals surface area contributed by atoms with Crippen LogP contribution < -0.4 is 10.2 Å². The van der Waals surface area contributed by atoms with Gasteiger partial charge in [0.2, 0.25) is 0 Å². The molecule has 3 rings (SSSR count). The van der Waals surface area contributed by atoms with E-state index >= 15 is 0 Å². The Morgan fingerprint density at radius 1 is 1.29 bits per heavy atom. The molecule has 7 heteroatoms. The zero-order valence-corrected chi connectivity index (χ0v) is 13.7. The van der Waals surface area contributed by atoms with Crippen molar-refractivity contribution in [2.45, 2.75) is 25.5 Å². The van der Waals surface area contributed by atoms with Crippen LogP contribution in [-0.4, -0.2) is 46.8 Å². The highest BCUT2D eigenvalue weighted by molar-refractivity contribution is 5.87. The summed E-state index contributed by atoms with van der Waals surface area (Å²) >= 11 is 0. The van der Waals surface area contributed by atoms with Crippen molar-refractivity contribution < 1.29 is 14.6 Å². The van der Waals surface area contributed by atoms with Crippen molar-refractivity contribution in [1.29, 1.82) is 0 Å². The molecule has 1 fully saturated rings. The molecule has 1 aromatic carbocycles. The van der Waals surface area contributed by atoms with Gasteiger partial charge in [0.05, 0.1) is 18.4 Å². The molecule has 0 radical (unpaired) electrons. The summed E-state index contributed by atoms with van der Waals surface area (Å²) < 4.78 is 5.14. The first kappa shape index (κ1) is 16.6. The van der Waals surface area contributed by atoms with E-state index in [1.807, 2.05) is 17.1 Å². The molecule has 1 saturated heterocycles. The average molecular weight is 330 g/mol. The highest BCUT2D eigenvalue weighted by Crippen LogP contribution is 2.27. The van der Waals surface area contributed by atoms with Crippen LogP contribution in [0.1, 0.15) is 41.5 Å². The molecule has 0 bridgehead atoms. The Morgan fingerprint density at radius 2 is 2.00 bits per heavy atom. The number of nitrogens with zero attached hydrogens (tertiary/aromatic N) is 2. The Kier molecular flexibility index (Phi) is 5.24. The fraction of sp³-hybridized carbons (Fsp3) is 0.412. The Bertz CT molecular complexity index is 678. The van der Waals surface area contributed by atoms with Gasteiger partial charge < -0.3 is 9.84 Å². The number of nitrogens with one attached hydrogen (secondary N) is 2. The van der Waals surface area contributed by atoms with Crippen molar-refractivity contribution >= 4 is 6.29 Å². The van der Waals surface area contributed by atoms with E-state index < -0.39 is 6.23 Å². The molecule has 2 aromatic rings. The quantitative estimate of drug-likeness (QED) is 0.553. The van der Waals surface area contributed by atoms with Gasteiger partial charge in [-0.3, -0.25) is 9.89 Å². The molecule has 2 heterocycles. The van der Waals surface area contributed by atoms with Gasteiger partial charge in [-0.25, -0.2) is 10.4 Å². The maximum Gasteiger partial charge on any atom is 0.160 e. The Labute approximate surface area is 140 Å². The van der Waals surface area contributed by atoms with Crippen LogP contribution in [0.5, 0.6) is 5.75 Å². The molecular weight excluding hydrogens is 308 g/mol. The summed E-state index contributed by atoms with van der Waals surface area (Å²) in [5.74, 6) is 0.731. The van der Waals surface area contributed by atoms with Crippen molar-refractivity contribution in [1.82, 2.24) is 20.6 Å². The van der Waals surface area contributed by atoms with Gasteiger partial charge in [0.25, 0.3) is 0 Å². The second-order valence-electron chi connectivity index (χ2n) is 5.83. The van der Waals surface area contributed by atoms with E-state index in [0.29, 0.717) is 17.0 Å². The topological polar surface area (TPSA) is 90.5 Å². The highest BCUT2D eigenvalue weighted by Gasteiger charge is 2.22. The molecule has 7 nitrogen and oxygen atoms in total. The minimum Gasteiger partial charge on any atom is -0.497 e. The van der Waals surface area contributed by atoms with Crippen molar-refractivity contribution in [3.63, 3.8) is 0 Å². The summed E-state index contributed by atoms with van der Waals surface area (Å²) in [6.45, 7) is 1.76. The molecule has 1 aliphatic heterocycles. The third-order valence-corrected chi connectivity index (χ3v) is 4.25. The maximum atomic E-state index is 11.6. The highest BCUT2D eigenvalue weighted by atomic mass is 16.5. The predicted octanol–water partition coefficient (Wildman–Crippen LogP) is 1.88. The van der Waals surface area contributed by atoms with Crippen molar-refractivity contribution in [2.24, 2.45) is 0 Å². The number of aldehydes is 1. The molecule has 1 aromatic heterocycles. The number of carbonyl (C=O) groups is 1. The van der Waals surface area contributed by atoms with Crippen LogP contribution in [0.15, 0.2) is 24.3 Å². The van der Waals surface area contributed by atoms with Crippen LogP contribution in [0.2, 0.25) is 0 Å². The van der Waals surface area contributed by atoms with E-state index in [-0.39, 0.29) is 0 Å². The first-order chi connectivity index (χ1) is 11.7. The first-order valence-electron chi connectivity index (χ1n) is 8.10. The largest absolute Gasteiger partial charge is 0.497 e. The third-order valence-electron chi connectivity index (χ3n) is 4.25. The summed E-state index contributed by atoms with van der Waals surface area (Å²) in [5.41, 5.74) is 5.07. The molecule has 1 aliphatic rings. The molecular formula is C17H22N4O3. The van der Waals surface area contributed by atoms with Crippen molar-refractivity contribution in [2.75, 3.05) is 20.2 Å². The lowest BCUT2D eigenvalue weighted by molar-refractivity contribution is 0.0201. The number of aromatic amines is 1. The summed E-state index contributed by atoms with van der Waals surface area (Å²) in [6.07, 6.45) is 3.13. The molecule has 0 saturated carbocycles. The number of H-pyrrole nitrogens is 1. The molecule has 3 N–H and O–H groups in total. The number of carbonyl (C=O) groups excluding carboxylic acids is 1. The van der Waals surface area contributed by atoms with E-state index in [0.717, 1.165) is 43.5 Å². The number of rotatable bonds is 6. The van der Waals surface area contributed by atoms with Gasteiger partial charge in [0.15, 0.2) is 12.5 Å². The van der Waals surface area contributed by atoms with Gasteiger partial charge in [-0.05, 0) is 37.1 Å². The Morgan fingerprint density at radius 3 is 2.62 bits per heavy atom. The van der Waals surface area contributed by atoms with E-state index in [1.54, 1.807) is 19.2 Å². The molecule has 0 aliphatic carbocycles. The fourth-order valence-electron chi connectivity index (χ4n) is 2.92. The molecule has 128 valence electrons. The maximum absolute atomic E-state index is 11.6. The van der Waals surface area contributed by atoms with Crippen LogP contribution in [0, 0.1) is 0 Å². The van der Waals surface area contributed by atoms with Crippen molar-refractivity contribution in [3.8, 4) is 17.0 Å². The van der Waals surface area contributed by atoms with Gasteiger partial charge in [-0.15, -0.1) is 0 Å². The normalized spacial score (nSPS) is 16.8. The van der Waals surface area contributed by atoms with Crippen molar-refractivity contribution in [3.05, 3.63) is 35.5 Å². The Balaban J connectivity index is 1.81. The molecule has 1 unspecified atom stereocenters. The zero-order valence-electron chi connectivity index (χ0n) is 13.7. The predicted molar refractivity (Wildman–Crippen MR) is 89.5 cm³/mol. The van der Waals surface area contributed by atoms with Gasteiger partial charge in [0, 0.05) is 18.7 Å². The van der Waals surface area contributed by atoms with E-state index in [4.69, 9.17) is 4.74 Å². The monoisotopic (exact) mass is 330 g/mol. The SMILES string of the molecule is COc1ccc(-c2n[nH]c(C(O)NN3CCCCC3)c2C=O)cc1. The number of hydrogen-bond acceptors (Lipinski definition) is 6. The smallest absolute Gasteiger partial charge is 0.160 e. The number of methoxy groups -OCH3 is 1. The van der Waals surface area contributed by atoms with Crippen LogP contribution in [0.25, 0.3) is 11.3 Å².